The van der Waals surface area contributed by atoms with Gasteiger partial charge in [0.1, 0.15) is 22.7 Å². The number of fused-ring (bicyclic) bond motifs is 11. The smallest absolute Gasteiger partial charge is 0.171 e. The third-order valence-corrected chi connectivity index (χ3v) is 15.1. The van der Waals surface area contributed by atoms with Crippen molar-refractivity contribution in [2.45, 2.75) is 5.41 Å². The van der Waals surface area contributed by atoms with Gasteiger partial charge in [-0.05, 0) is 59.7 Å². The molecule has 10 aromatic rings. The van der Waals surface area contributed by atoms with Crippen molar-refractivity contribution in [3.63, 3.8) is 0 Å². The van der Waals surface area contributed by atoms with E-state index in [1.807, 2.05) is 121 Å². The number of pyridine rings is 1. The SMILES string of the molecule is O=P1(c2ccccc2)c2ccccc2C2(c3ccccc3Oc3cc(-c4nc(-c5ccccc5)cc(-c5cccnc5)n4)ccc32)c2cc3c(cc21)oc1ccccc13. The van der Waals surface area contributed by atoms with E-state index in [0.717, 1.165) is 88.4 Å². The number of furan rings is 1. The van der Waals surface area contributed by atoms with Crippen LogP contribution in [0, 0.1) is 0 Å². The molecule has 0 aliphatic carbocycles. The molecule has 7 aromatic carbocycles. The molecule has 3 aromatic heterocycles. The number of ether oxygens (including phenoxy) is 1. The molecule has 2 aliphatic heterocycles. The van der Waals surface area contributed by atoms with E-state index in [1.165, 1.54) is 0 Å². The Labute approximate surface area is 339 Å². The third kappa shape index (κ3) is 4.87. The van der Waals surface area contributed by atoms with Gasteiger partial charge in [0.05, 0.1) is 16.8 Å². The minimum atomic E-state index is -3.46. The van der Waals surface area contributed by atoms with Crippen molar-refractivity contribution < 1.29 is 13.7 Å². The largest absolute Gasteiger partial charge is 0.457 e. The number of hydrogen-bond donors (Lipinski definition) is 0. The minimum Gasteiger partial charge on any atom is -0.457 e. The van der Waals surface area contributed by atoms with E-state index in [4.69, 9.17) is 19.1 Å². The van der Waals surface area contributed by atoms with Gasteiger partial charge in [0.2, 0.25) is 0 Å². The van der Waals surface area contributed by atoms with E-state index in [0.29, 0.717) is 17.2 Å². The Balaban J connectivity index is 1.17. The first kappa shape index (κ1) is 33.7. The molecule has 7 heteroatoms. The van der Waals surface area contributed by atoms with Crippen molar-refractivity contribution in [2.75, 3.05) is 0 Å². The van der Waals surface area contributed by atoms with Gasteiger partial charge in [-0.15, -0.1) is 0 Å². The fraction of sp³-hybridized carbons (Fsp3) is 0.0192. The molecule has 59 heavy (non-hydrogen) atoms. The van der Waals surface area contributed by atoms with Crippen LogP contribution in [-0.4, -0.2) is 15.0 Å². The minimum absolute atomic E-state index is 0.564. The van der Waals surface area contributed by atoms with Crippen LogP contribution in [0.2, 0.25) is 0 Å². The molecule has 2 aliphatic rings. The average molecular weight is 778 g/mol. The summed E-state index contributed by atoms with van der Waals surface area (Å²) in [7, 11) is -3.46. The van der Waals surface area contributed by atoms with Crippen molar-refractivity contribution >= 4 is 45.0 Å². The van der Waals surface area contributed by atoms with Crippen LogP contribution in [0.1, 0.15) is 22.3 Å². The second-order valence-corrected chi connectivity index (χ2v) is 17.8. The van der Waals surface area contributed by atoms with Crippen LogP contribution in [0.3, 0.4) is 0 Å². The molecule has 0 N–H and O–H groups in total. The number of benzene rings is 7. The quantitative estimate of drug-likeness (QED) is 0.166. The summed E-state index contributed by atoms with van der Waals surface area (Å²) < 4.78 is 29.9. The van der Waals surface area contributed by atoms with Gasteiger partial charge in [-0.1, -0.05) is 133 Å². The molecule has 0 radical (unpaired) electrons. The van der Waals surface area contributed by atoms with E-state index < -0.39 is 12.6 Å². The summed E-state index contributed by atoms with van der Waals surface area (Å²) in [6.07, 6.45) is 3.59. The van der Waals surface area contributed by atoms with E-state index in [9.17, 15) is 0 Å². The van der Waals surface area contributed by atoms with Crippen molar-refractivity contribution in [1.82, 2.24) is 15.0 Å². The summed E-state index contributed by atoms with van der Waals surface area (Å²) in [5.41, 5.74) is 8.63. The molecule has 0 amide bonds. The molecule has 0 saturated carbocycles. The lowest BCUT2D eigenvalue weighted by molar-refractivity contribution is 0.435. The maximum absolute atomic E-state index is 16.4. The molecular formula is C52H32N3O3P. The molecule has 2 atom stereocenters. The zero-order valence-corrected chi connectivity index (χ0v) is 32.4. The van der Waals surface area contributed by atoms with Crippen molar-refractivity contribution in [2.24, 2.45) is 0 Å². The molecule has 5 heterocycles. The molecular weight excluding hydrogens is 746 g/mol. The van der Waals surface area contributed by atoms with Gasteiger partial charge in [0, 0.05) is 66.9 Å². The van der Waals surface area contributed by atoms with Crippen molar-refractivity contribution in [3.8, 4) is 45.4 Å². The molecule has 6 nitrogen and oxygen atoms in total. The van der Waals surface area contributed by atoms with Gasteiger partial charge in [-0.2, -0.15) is 0 Å². The summed E-state index contributed by atoms with van der Waals surface area (Å²) in [6, 6.07) is 61.2. The highest BCUT2D eigenvalue weighted by atomic mass is 31.2. The maximum atomic E-state index is 16.4. The zero-order chi connectivity index (χ0) is 39.1. The number of nitrogens with zero attached hydrogens (tertiary/aromatic N) is 3. The standard InChI is InChI=1S/C52H32N3O3P/c56-59(36-17-5-2-6-18-36)49-24-12-9-21-41(49)52(42-29-38-37-19-7-10-22-45(37)57-47(38)31-50(42)59)39-20-8-11-23-46(39)58-48-28-34(25-26-40(48)52)51-54-43(33-14-3-1-4-15-33)30-44(55-51)35-16-13-27-53-32-35/h1-32H. The van der Waals surface area contributed by atoms with Crippen LogP contribution in [0.25, 0.3) is 55.8 Å². The molecule has 0 bridgehead atoms. The second-order valence-electron chi connectivity index (χ2n) is 15.1. The average Bonchev–Trinajstić information content (AvgIpc) is 3.68. The normalized spacial score (nSPS) is 17.5. The van der Waals surface area contributed by atoms with Gasteiger partial charge in [0.25, 0.3) is 0 Å². The van der Waals surface area contributed by atoms with Crippen LogP contribution < -0.4 is 20.7 Å². The monoisotopic (exact) mass is 777 g/mol. The Morgan fingerprint density at radius 2 is 1.17 bits per heavy atom. The van der Waals surface area contributed by atoms with E-state index in [-0.39, 0.29) is 0 Å². The highest BCUT2D eigenvalue weighted by Crippen LogP contribution is 2.62. The first-order valence-electron chi connectivity index (χ1n) is 19.6. The molecule has 278 valence electrons. The Morgan fingerprint density at radius 3 is 2.00 bits per heavy atom. The summed E-state index contributed by atoms with van der Waals surface area (Å²) in [5.74, 6) is 1.96. The summed E-state index contributed by atoms with van der Waals surface area (Å²) in [4.78, 5) is 14.7. The van der Waals surface area contributed by atoms with Gasteiger partial charge in [-0.25, -0.2) is 9.97 Å². The predicted molar refractivity (Wildman–Crippen MR) is 235 cm³/mol. The Kier molecular flexibility index (Phi) is 7.32. The summed E-state index contributed by atoms with van der Waals surface area (Å²) >= 11 is 0. The zero-order valence-electron chi connectivity index (χ0n) is 31.5. The Morgan fingerprint density at radius 1 is 0.475 bits per heavy atom. The predicted octanol–water partition coefficient (Wildman–Crippen LogP) is 11.2. The molecule has 12 rings (SSSR count). The molecule has 2 unspecified atom stereocenters. The van der Waals surface area contributed by atoms with Crippen molar-refractivity contribution in [1.29, 1.82) is 0 Å². The summed E-state index contributed by atoms with van der Waals surface area (Å²) in [6.45, 7) is 0. The molecule has 1 spiro atoms. The van der Waals surface area contributed by atoms with E-state index >= 15 is 4.57 Å². The molecule has 0 fully saturated rings. The first-order valence-corrected chi connectivity index (χ1v) is 21.3. The lowest BCUT2D eigenvalue weighted by atomic mass is 9.63. The highest BCUT2D eigenvalue weighted by molar-refractivity contribution is 7.85. The highest BCUT2D eigenvalue weighted by Gasteiger charge is 2.55. The Hall–Kier alpha value is -7.40. The topological polar surface area (TPSA) is 78.1 Å². The third-order valence-electron chi connectivity index (χ3n) is 11.9. The number of para-hydroxylation sites is 2. The fourth-order valence-corrected chi connectivity index (χ4v) is 12.5. The van der Waals surface area contributed by atoms with Gasteiger partial charge in [-0.3, -0.25) is 4.98 Å². The second kappa shape index (κ2) is 12.8. The van der Waals surface area contributed by atoms with Crippen LogP contribution in [-0.2, 0) is 9.98 Å². The van der Waals surface area contributed by atoms with Crippen LogP contribution in [0.4, 0.5) is 0 Å². The van der Waals surface area contributed by atoms with Gasteiger partial charge in [0.15, 0.2) is 13.0 Å². The molecule has 0 saturated heterocycles. The number of aromatic nitrogens is 3. The van der Waals surface area contributed by atoms with E-state index in [2.05, 4.69) is 71.7 Å². The van der Waals surface area contributed by atoms with E-state index in [1.54, 1.807) is 6.20 Å². The lowest BCUT2D eigenvalue weighted by Gasteiger charge is -2.47. The van der Waals surface area contributed by atoms with Gasteiger partial charge < -0.3 is 13.7 Å². The maximum Gasteiger partial charge on any atom is 0.171 e. The number of hydrogen-bond acceptors (Lipinski definition) is 6. The lowest BCUT2D eigenvalue weighted by Crippen LogP contribution is -2.47. The van der Waals surface area contributed by atoms with Crippen LogP contribution in [0.5, 0.6) is 11.5 Å². The summed E-state index contributed by atoms with van der Waals surface area (Å²) in [5, 5.41) is 4.29. The number of rotatable bonds is 4. The van der Waals surface area contributed by atoms with Crippen LogP contribution in [0.15, 0.2) is 199 Å². The Bertz CT molecular complexity index is 3290. The van der Waals surface area contributed by atoms with Crippen molar-refractivity contribution in [3.05, 3.63) is 217 Å². The first-order chi connectivity index (χ1) is 29.1. The fourth-order valence-electron chi connectivity index (χ4n) is 9.34. The van der Waals surface area contributed by atoms with Gasteiger partial charge >= 0.3 is 0 Å². The van der Waals surface area contributed by atoms with Crippen LogP contribution >= 0.6 is 7.14 Å².